The van der Waals surface area contributed by atoms with Crippen LogP contribution in [0.2, 0.25) is 0 Å². The van der Waals surface area contributed by atoms with E-state index in [4.69, 9.17) is 28.8 Å². The van der Waals surface area contributed by atoms with Crippen LogP contribution in [0.15, 0.2) is 205 Å². The smallest absolute Gasteiger partial charge is 0.399 e. The summed E-state index contributed by atoms with van der Waals surface area (Å²) < 4.78 is 33.1. The number of benzene rings is 4. The third-order valence-corrected chi connectivity index (χ3v) is 22.3. The minimum atomic E-state index is -0.390. The molecule has 0 saturated carbocycles. The lowest BCUT2D eigenvalue weighted by atomic mass is 9.77. The van der Waals surface area contributed by atoms with Gasteiger partial charge in [-0.2, -0.15) is 20.4 Å². The summed E-state index contributed by atoms with van der Waals surface area (Å²) in [6.07, 6.45) is 11.5. The number of carbonyl (C=O) groups is 3. The number of rotatable bonds is 15. The molecule has 2 fully saturated rings. The van der Waals surface area contributed by atoms with E-state index in [-0.39, 0.29) is 46.9 Å². The summed E-state index contributed by atoms with van der Waals surface area (Å²) in [5.74, 6) is 3.14. The van der Waals surface area contributed by atoms with Crippen LogP contribution in [0.5, 0.6) is 0 Å². The summed E-state index contributed by atoms with van der Waals surface area (Å²) in [4.78, 5) is 65.4. The van der Waals surface area contributed by atoms with Crippen LogP contribution >= 0.6 is 15.9 Å². The van der Waals surface area contributed by atoms with Gasteiger partial charge in [-0.1, -0.05) is 82.3 Å². The molecule has 11 aromatic heterocycles. The quantitative estimate of drug-likeness (QED) is 0.0525. The first-order chi connectivity index (χ1) is 56.2. The zero-order valence-electron chi connectivity index (χ0n) is 70.5. The zero-order chi connectivity index (χ0) is 84.3. The Morgan fingerprint density at radius 3 is 1.09 bits per heavy atom. The van der Waals surface area contributed by atoms with Crippen LogP contribution in [0.4, 0.5) is 0 Å². The number of aryl methyl sites for hydroxylation is 8. The van der Waals surface area contributed by atoms with Crippen molar-refractivity contribution >= 4 is 102 Å². The molecular formula is C93H98B2BrN15O7. The van der Waals surface area contributed by atoms with Crippen LogP contribution in [-0.4, -0.2) is 128 Å². The number of pyridine rings is 7. The Kier molecular flexibility index (Phi) is 24.9. The molecule has 2 aliphatic rings. The summed E-state index contributed by atoms with van der Waals surface area (Å²) in [5, 5.41) is 23.2. The number of fused-ring (bicyclic) bond motifs is 4. The van der Waals surface area contributed by atoms with E-state index in [0.717, 1.165) is 149 Å². The molecule has 2 aliphatic heterocycles. The van der Waals surface area contributed by atoms with Crippen LogP contribution in [-0.2, 0) is 44.3 Å². The highest BCUT2D eigenvalue weighted by molar-refractivity contribution is 9.10. The number of carbonyl (C=O) groups excluding carboxylic acids is 3. The van der Waals surface area contributed by atoms with Gasteiger partial charge in [-0.3, -0.25) is 14.4 Å². The SMILES string of the molecule is CC(=O)c1cccc(Br)n1.CCc1cc(-c2cccc(C(C)=O)n2)cc2c1cnn2-c1cccc(C)n1.CCc1cc(-c2cccc(C(C)=O)n2)cc2nn(-c3cccc(C)n3)cc12.CCc1cc(B2OC(C)(C)C(C)(C)O2)cc2c1cnn2-c1cccc(C)n1.CCc1cc(B2OC(C)(C)C(C)(C)O2)cc2nn(-c3cccc(C)n3)cc12. The van der Waals surface area contributed by atoms with E-state index in [2.05, 4.69) is 193 Å². The summed E-state index contributed by atoms with van der Waals surface area (Å²) >= 11 is 3.17. The first kappa shape index (κ1) is 84.2. The maximum absolute atomic E-state index is 11.7. The predicted molar refractivity (Wildman–Crippen MR) is 472 cm³/mol. The molecule has 0 aliphatic carbocycles. The summed E-state index contributed by atoms with van der Waals surface area (Å²) in [7, 11) is -0.773. The lowest BCUT2D eigenvalue weighted by molar-refractivity contribution is 0.00578. The number of hydrogen-bond donors (Lipinski definition) is 0. The van der Waals surface area contributed by atoms with Gasteiger partial charge in [0.15, 0.2) is 40.6 Å². The van der Waals surface area contributed by atoms with E-state index in [1.807, 2.05) is 168 Å². The van der Waals surface area contributed by atoms with Crippen LogP contribution < -0.4 is 10.9 Å². The van der Waals surface area contributed by atoms with Crippen molar-refractivity contribution < 1.29 is 33.0 Å². The number of hydrogen-bond acceptors (Lipinski definition) is 18. The van der Waals surface area contributed by atoms with Crippen LogP contribution in [0.3, 0.4) is 0 Å². The highest BCUT2D eigenvalue weighted by Crippen LogP contribution is 2.39. The largest absolute Gasteiger partial charge is 0.494 e. The standard InChI is InChI=1S/2C22H20N4O.2C21H26BN3O2.C7H6BrNO/c1-4-16-11-17(20-9-6-8-19(24-20)15(3)27)12-21-18(16)13-26(25-21)22-10-5-7-14(2)23-22;1-4-16-11-17(20-9-6-8-19(25-20)15(3)27)12-21-18(16)13-23-26(21)22-10-5-7-14(2)24-22;1-7-15-11-16(22-26-20(3,4)21(5,6)27-22)12-18-17(15)13-25(24-18)19-10-8-9-14(2)23-19;1-7-15-11-16(22-26-20(3,4)21(5,6)27-22)12-18-17(15)13-23-25(18)19-10-8-9-14(2)24-19;1-5(10)6-3-2-4-7(8)9-6/h2*5-13H,4H2,1-3H3;2*8-13H,7H2,1-6H3;2-4H,1H3. The average molecular weight is 1640 g/mol. The maximum atomic E-state index is 11.7. The average Bonchev–Trinajstić information content (AvgIpc) is 1.61. The molecule has 0 radical (unpaired) electrons. The van der Waals surface area contributed by atoms with Gasteiger partial charge in [0, 0.05) is 88.6 Å². The summed E-state index contributed by atoms with van der Waals surface area (Å²) in [6, 6.07) is 56.9. The van der Waals surface area contributed by atoms with Crippen molar-refractivity contribution in [3.05, 3.63) is 267 Å². The first-order valence-electron chi connectivity index (χ1n) is 39.9. The minimum absolute atomic E-state index is 0.0127. The van der Waals surface area contributed by atoms with E-state index in [1.54, 1.807) is 30.3 Å². The van der Waals surface area contributed by atoms with Crippen molar-refractivity contribution in [3.8, 4) is 45.8 Å². The molecule has 0 bridgehead atoms. The fourth-order valence-corrected chi connectivity index (χ4v) is 14.3. The topological polar surface area (TPSA) is 250 Å². The van der Waals surface area contributed by atoms with Gasteiger partial charge in [0.05, 0.1) is 68.3 Å². The van der Waals surface area contributed by atoms with Crippen molar-refractivity contribution in [1.82, 2.24) is 74.0 Å². The van der Waals surface area contributed by atoms with E-state index in [0.29, 0.717) is 21.7 Å². The second kappa shape index (κ2) is 34.8. The van der Waals surface area contributed by atoms with Gasteiger partial charge in [0.2, 0.25) is 0 Å². The molecular weight excluding hydrogens is 1540 g/mol. The summed E-state index contributed by atoms with van der Waals surface area (Å²) in [5.41, 5.74) is 18.0. The fourth-order valence-electron chi connectivity index (χ4n) is 13.9. The Balaban J connectivity index is 0.000000131. The minimum Gasteiger partial charge on any atom is -0.399 e. The molecule has 15 aromatic rings. The molecule has 25 heteroatoms. The molecule has 0 unspecified atom stereocenters. The number of aromatic nitrogens is 15. The number of ketones is 3. The van der Waals surface area contributed by atoms with Crippen molar-refractivity contribution in [2.24, 2.45) is 0 Å². The Hall–Kier alpha value is -11.7. The zero-order valence-corrected chi connectivity index (χ0v) is 72.1. The third-order valence-electron chi connectivity index (χ3n) is 21.9. The Bertz CT molecular complexity index is 6220. The molecule has 0 spiro atoms. The van der Waals surface area contributed by atoms with E-state index in [1.165, 1.54) is 43.0 Å². The number of Topliss-reactive ketones (excluding diaryl/α,β-unsaturated/α-hetero) is 3. The lowest BCUT2D eigenvalue weighted by Gasteiger charge is -2.32. The van der Waals surface area contributed by atoms with Crippen LogP contribution in [0.1, 0.15) is 180 Å². The molecule has 118 heavy (non-hydrogen) atoms. The molecule has 600 valence electrons. The molecule has 13 heterocycles. The van der Waals surface area contributed by atoms with Gasteiger partial charge in [-0.05, 0) is 279 Å². The Labute approximate surface area is 697 Å². The van der Waals surface area contributed by atoms with E-state index >= 15 is 0 Å². The molecule has 0 atom stereocenters. The second-order valence-electron chi connectivity index (χ2n) is 31.6. The molecule has 4 aromatic carbocycles. The van der Waals surface area contributed by atoms with Gasteiger partial charge in [0.1, 0.15) is 21.7 Å². The highest BCUT2D eigenvalue weighted by Gasteiger charge is 2.53. The van der Waals surface area contributed by atoms with E-state index in [9.17, 15) is 14.4 Å². The first-order valence-corrected chi connectivity index (χ1v) is 40.7. The van der Waals surface area contributed by atoms with Crippen molar-refractivity contribution in [2.75, 3.05) is 0 Å². The fraction of sp³-hybridized carbons (Fsp3) is 0.290. The van der Waals surface area contributed by atoms with Crippen LogP contribution in [0, 0.1) is 27.7 Å². The maximum Gasteiger partial charge on any atom is 0.494 e. The molecule has 17 rings (SSSR count). The van der Waals surface area contributed by atoms with Crippen molar-refractivity contribution in [2.45, 2.75) is 180 Å². The highest BCUT2D eigenvalue weighted by atomic mass is 79.9. The Morgan fingerprint density at radius 1 is 0.373 bits per heavy atom. The normalized spacial score (nSPS) is 14.3. The molecule has 0 N–H and O–H groups in total. The molecule has 22 nitrogen and oxygen atoms in total. The lowest BCUT2D eigenvalue weighted by Crippen LogP contribution is -2.41. The monoisotopic (exact) mass is 1640 g/mol. The van der Waals surface area contributed by atoms with Crippen molar-refractivity contribution in [3.63, 3.8) is 0 Å². The number of halogens is 1. The van der Waals surface area contributed by atoms with Crippen LogP contribution in [0.25, 0.3) is 89.4 Å². The Morgan fingerprint density at radius 2 is 0.703 bits per heavy atom. The van der Waals surface area contributed by atoms with E-state index < -0.39 is 7.12 Å². The van der Waals surface area contributed by atoms with Crippen molar-refractivity contribution in [1.29, 1.82) is 0 Å². The molecule has 2 saturated heterocycles. The van der Waals surface area contributed by atoms with Gasteiger partial charge in [-0.15, -0.1) is 0 Å². The van der Waals surface area contributed by atoms with Gasteiger partial charge in [-0.25, -0.2) is 53.6 Å². The van der Waals surface area contributed by atoms with Gasteiger partial charge >= 0.3 is 14.2 Å². The summed E-state index contributed by atoms with van der Waals surface area (Å²) in [6.45, 7) is 37.6. The van der Waals surface area contributed by atoms with Gasteiger partial charge in [0.25, 0.3) is 0 Å². The van der Waals surface area contributed by atoms with Gasteiger partial charge < -0.3 is 18.6 Å². The third kappa shape index (κ3) is 18.3. The predicted octanol–water partition coefficient (Wildman–Crippen LogP) is 18.3. The second-order valence-corrected chi connectivity index (χ2v) is 32.4. The number of nitrogens with zero attached hydrogens (tertiary/aromatic N) is 15. The molecule has 0 amide bonds.